The highest BCUT2D eigenvalue weighted by Gasteiger charge is 2.21. The first-order valence-electron chi connectivity index (χ1n) is 6.54. The molecule has 0 spiro atoms. The van der Waals surface area contributed by atoms with Crippen molar-refractivity contribution >= 4 is 11.7 Å². The third-order valence-corrected chi connectivity index (χ3v) is 2.29. The molecule has 0 radical (unpaired) electrons. The van der Waals surface area contributed by atoms with Gasteiger partial charge in [0.15, 0.2) is 0 Å². The van der Waals surface area contributed by atoms with Crippen LogP contribution in [0.3, 0.4) is 0 Å². The summed E-state index contributed by atoms with van der Waals surface area (Å²) in [4.78, 5) is 11.9. The zero-order valence-corrected chi connectivity index (χ0v) is 12.3. The molecule has 0 amide bonds. The smallest absolute Gasteiger partial charge is 0.328 e. The van der Waals surface area contributed by atoms with Crippen molar-refractivity contribution in [3.63, 3.8) is 0 Å². The Morgan fingerprint density at radius 2 is 2.05 bits per heavy atom. The number of carbonyl (C=O) groups excluding carboxylic acids is 1. The molecule has 4 heteroatoms. The Bertz CT molecular complexity index is 424. The van der Waals surface area contributed by atoms with Gasteiger partial charge in [0.2, 0.25) is 0 Å². The molecule has 1 unspecified atom stereocenters. The van der Waals surface area contributed by atoms with Crippen LogP contribution in [-0.4, -0.2) is 24.2 Å². The predicted octanol–water partition coefficient (Wildman–Crippen LogP) is 3.23. The van der Waals surface area contributed by atoms with E-state index < -0.39 is 11.6 Å². The van der Waals surface area contributed by atoms with E-state index in [4.69, 9.17) is 9.47 Å². The second-order valence-corrected chi connectivity index (χ2v) is 5.36. The maximum Gasteiger partial charge on any atom is 0.328 e. The Morgan fingerprint density at radius 3 is 2.63 bits per heavy atom. The summed E-state index contributed by atoms with van der Waals surface area (Å²) in [7, 11) is 0. The Morgan fingerprint density at radius 1 is 1.37 bits per heavy atom. The van der Waals surface area contributed by atoms with Crippen LogP contribution in [0.4, 0.5) is 5.69 Å². The van der Waals surface area contributed by atoms with E-state index in [0.29, 0.717) is 6.61 Å². The van der Waals surface area contributed by atoms with Crippen molar-refractivity contribution in [3.8, 4) is 5.75 Å². The molecule has 0 fully saturated rings. The van der Waals surface area contributed by atoms with Crippen LogP contribution in [0.5, 0.6) is 5.75 Å². The summed E-state index contributed by atoms with van der Waals surface area (Å²) in [6.07, 6.45) is 0. The highest BCUT2D eigenvalue weighted by Crippen LogP contribution is 2.18. The van der Waals surface area contributed by atoms with Crippen molar-refractivity contribution < 1.29 is 14.3 Å². The van der Waals surface area contributed by atoms with Crippen LogP contribution in [-0.2, 0) is 9.53 Å². The minimum absolute atomic E-state index is 0.269. The number of carbonyl (C=O) groups is 1. The van der Waals surface area contributed by atoms with E-state index in [1.54, 1.807) is 6.92 Å². The summed E-state index contributed by atoms with van der Waals surface area (Å²) in [6.45, 7) is 9.89. The molecule has 0 aliphatic rings. The molecule has 0 saturated heterocycles. The normalized spacial score (nSPS) is 12.7. The molecule has 0 aliphatic heterocycles. The monoisotopic (exact) mass is 265 g/mol. The van der Waals surface area contributed by atoms with Crippen molar-refractivity contribution in [3.05, 3.63) is 24.3 Å². The number of anilines is 1. The van der Waals surface area contributed by atoms with Gasteiger partial charge in [-0.3, -0.25) is 0 Å². The van der Waals surface area contributed by atoms with E-state index in [1.165, 1.54) is 0 Å². The van der Waals surface area contributed by atoms with Gasteiger partial charge in [0.1, 0.15) is 17.4 Å². The lowest BCUT2D eigenvalue weighted by atomic mass is 10.2. The molecule has 0 saturated carbocycles. The van der Waals surface area contributed by atoms with Gasteiger partial charge in [0, 0.05) is 11.8 Å². The van der Waals surface area contributed by atoms with E-state index in [1.807, 2.05) is 52.0 Å². The highest BCUT2D eigenvalue weighted by molar-refractivity contribution is 5.79. The third-order valence-electron chi connectivity index (χ3n) is 2.29. The average molecular weight is 265 g/mol. The molecule has 4 nitrogen and oxygen atoms in total. The van der Waals surface area contributed by atoms with Crippen LogP contribution < -0.4 is 10.1 Å². The first kappa shape index (κ1) is 15.3. The van der Waals surface area contributed by atoms with Gasteiger partial charge >= 0.3 is 5.97 Å². The standard InChI is InChI=1S/C15H23NO3/c1-6-18-13-9-7-8-12(10-13)16-11(2)14(17)19-15(3,4)5/h7-11,16H,6H2,1-5H3. The third kappa shape index (κ3) is 5.64. The van der Waals surface area contributed by atoms with Gasteiger partial charge in [-0.05, 0) is 46.8 Å². The second-order valence-electron chi connectivity index (χ2n) is 5.36. The van der Waals surface area contributed by atoms with Crippen LogP contribution in [0.25, 0.3) is 0 Å². The quantitative estimate of drug-likeness (QED) is 0.830. The Balaban J connectivity index is 2.63. The first-order chi connectivity index (χ1) is 8.81. The highest BCUT2D eigenvalue weighted by atomic mass is 16.6. The van der Waals surface area contributed by atoms with E-state index in [2.05, 4.69) is 5.32 Å². The molecule has 0 aliphatic carbocycles. The van der Waals surface area contributed by atoms with Crippen LogP contribution in [0.15, 0.2) is 24.3 Å². The zero-order valence-electron chi connectivity index (χ0n) is 12.3. The van der Waals surface area contributed by atoms with E-state index in [-0.39, 0.29) is 5.97 Å². The van der Waals surface area contributed by atoms with Crippen LogP contribution in [0.1, 0.15) is 34.6 Å². The van der Waals surface area contributed by atoms with E-state index in [0.717, 1.165) is 11.4 Å². The van der Waals surface area contributed by atoms with Crippen LogP contribution >= 0.6 is 0 Å². The van der Waals surface area contributed by atoms with Crippen molar-refractivity contribution in [2.75, 3.05) is 11.9 Å². The van der Waals surface area contributed by atoms with Gasteiger partial charge in [-0.2, -0.15) is 0 Å². The largest absolute Gasteiger partial charge is 0.494 e. The topological polar surface area (TPSA) is 47.6 Å². The summed E-state index contributed by atoms with van der Waals surface area (Å²) in [6, 6.07) is 7.12. The minimum atomic E-state index is -0.472. The molecule has 1 aromatic rings. The number of rotatable bonds is 5. The zero-order chi connectivity index (χ0) is 14.5. The Kier molecular flexibility index (Phi) is 5.21. The number of hydrogen-bond acceptors (Lipinski definition) is 4. The predicted molar refractivity (Wildman–Crippen MR) is 76.5 cm³/mol. The van der Waals surface area contributed by atoms with Crippen molar-refractivity contribution in [2.45, 2.75) is 46.3 Å². The van der Waals surface area contributed by atoms with Gasteiger partial charge in [-0.25, -0.2) is 4.79 Å². The molecule has 0 bridgehead atoms. The van der Waals surface area contributed by atoms with Gasteiger partial charge in [0.05, 0.1) is 6.61 Å². The SMILES string of the molecule is CCOc1cccc(NC(C)C(=O)OC(C)(C)C)c1. The summed E-state index contributed by atoms with van der Waals surface area (Å²) in [5.74, 6) is 0.512. The fourth-order valence-electron chi connectivity index (χ4n) is 1.54. The number of hydrogen-bond donors (Lipinski definition) is 1. The Labute approximate surface area is 115 Å². The lowest BCUT2D eigenvalue weighted by Crippen LogP contribution is -2.34. The van der Waals surface area contributed by atoms with Crippen LogP contribution in [0.2, 0.25) is 0 Å². The summed E-state index contributed by atoms with van der Waals surface area (Å²) in [5, 5.41) is 3.11. The maximum atomic E-state index is 11.9. The summed E-state index contributed by atoms with van der Waals surface area (Å²) in [5.41, 5.74) is 0.365. The molecule has 0 aromatic heterocycles. The van der Waals surface area contributed by atoms with Gasteiger partial charge in [-0.1, -0.05) is 6.07 Å². The van der Waals surface area contributed by atoms with Crippen LogP contribution in [0, 0.1) is 0 Å². The number of benzene rings is 1. The average Bonchev–Trinajstić information content (AvgIpc) is 2.27. The summed E-state index contributed by atoms with van der Waals surface area (Å²) >= 11 is 0. The number of esters is 1. The van der Waals surface area contributed by atoms with Crippen molar-refractivity contribution in [1.29, 1.82) is 0 Å². The molecular formula is C15H23NO3. The van der Waals surface area contributed by atoms with Crippen molar-refractivity contribution in [2.24, 2.45) is 0 Å². The van der Waals surface area contributed by atoms with Gasteiger partial charge in [0.25, 0.3) is 0 Å². The minimum Gasteiger partial charge on any atom is -0.494 e. The van der Waals surface area contributed by atoms with Crippen molar-refractivity contribution in [1.82, 2.24) is 0 Å². The molecule has 1 N–H and O–H groups in total. The first-order valence-corrected chi connectivity index (χ1v) is 6.54. The fraction of sp³-hybridized carbons (Fsp3) is 0.533. The molecular weight excluding hydrogens is 242 g/mol. The second kappa shape index (κ2) is 6.45. The lowest BCUT2D eigenvalue weighted by Gasteiger charge is -2.23. The summed E-state index contributed by atoms with van der Waals surface area (Å²) < 4.78 is 10.7. The molecule has 0 heterocycles. The molecule has 19 heavy (non-hydrogen) atoms. The van der Waals surface area contributed by atoms with Gasteiger partial charge in [-0.15, -0.1) is 0 Å². The van der Waals surface area contributed by atoms with E-state index in [9.17, 15) is 4.79 Å². The fourth-order valence-corrected chi connectivity index (χ4v) is 1.54. The molecule has 1 aromatic carbocycles. The van der Waals surface area contributed by atoms with Gasteiger partial charge < -0.3 is 14.8 Å². The maximum absolute atomic E-state index is 11.9. The molecule has 1 atom stereocenters. The Hall–Kier alpha value is -1.71. The number of ether oxygens (including phenoxy) is 2. The molecule has 106 valence electrons. The lowest BCUT2D eigenvalue weighted by molar-refractivity contribution is -0.155. The van der Waals surface area contributed by atoms with E-state index >= 15 is 0 Å². The number of nitrogens with one attached hydrogen (secondary N) is 1. The molecule has 1 rings (SSSR count).